The van der Waals surface area contributed by atoms with Gasteiger partial charge in [0.2, 0.25) is 6.29 Å². The molecule has 53 unspecified atom stereocenters. The molecule has 5 aliphatic carbocycles. The van der Waals surface area contributed by atoms with Crippen molar-refractivity contribution in [2.75, 3.05) is 33.0 Å². The van der Waals surface area contributed by atoms with Gasteiger partial charge in [-0.05, 0) is 123 Å². The quantitative estimate of drug-likeness (QED) is 0.00923. The van der Waals surface area contributed by atoms with Gasteiger partial charge in [0.05, 0.1) is 94.0 Å². The number of carbonyl (C=O) groups is 5. The number of aliphatic hydroxyl groups excluding tert-OH is 23. The zero-order valence-corrected chi connectivity index (χ0v) is 80.6. The van der Waals surface area contributed by atoms with Gasteiger partial charge in [-0.1, -0.05) is 93.7 Å². The predicted molar refractivity (Wildman–Crippen MR) is 464 cm³/mol. The lowest BCUT2D eigenvalue weighted by molar-refractivity contribution is -0.394. The highest BCUT2D eigenvalue weighted by Gasteiger charge is 2.74. The highest BCUT2D eigenvalue weighted by molar-refractivity contribution is 5.80. The fraction of sp³-hybridized carbons (Fsp3) is 0.925. The largest absolute Gasteiger partial charge is 0.479 e. The number of allylic oxidation sites excluding steroid dienone is 2. The van der Waals surface area contributed by atoms with E-state index in [1.807, 2.05) is 27.7 Å². The van der Waals surface area contributed by atoms with Gasteiger partial charge in [0.25, 0.3) is 0 Å². The molecule has 13 aliphatic rings. The van der Waals surface area contributed by atoms with Crippen molar-refractivity contribution in [3.63, 3.8) is 0 Å². The first-order chi connectivity index (χ1) is 65.8. The van der Waals surface area contributed by atoms with Crippen LogP contribution in [0.3, 0.4) is 0 Å². The number of aliphatic hydroxyl groups is 23. The summed E-state index contributed by atoms with van der Waals surface area (Å²) in [5.41, 5.74) is -5.83. The first kappa shape index (κ1) is 113. The Labute approximate surface area is 808 Å². The molecule has 0 aromatic heterocycles. The van der Waals surface area contributed by atoms with Gasteiger partial charge in [0.1, 0.15) is 164 Å². The van der Waals surface area contributed by atoms with Gasteiger partial charge in [-0.15, -0.1) is 0 Å². The van der Waals surface area contributed by atoms with Crippen LogP contribution in [0.25, 0.3) is 0 Å². The van der Waals surface area contributed by atoms with E-state index < -0.39 is 390 Å². The minimum atomic E-state index is -2.33. The third-order valence-corrected chi connectivity index (χ3v) is 33.6. The Kier molecular flexibility index (Phi) is 36.5. The molecule has 0 bridgehead atoms. The van der Waals surface area contributed by atoms with Crippen molar-refractivity contribution in [3.05, 3.63) is 11.6 Å². The van der Waals surface area contributed by atoms with Gasteiger partial charge in [-0.3, -0.25) is 14.4 Å². The summed E-state index contributed by atoms with van der Waals surface area (Å²) in [6, 6.07) is 0. The Balaban J connectivity index is 0.794. The Bertz CT molecular complexity index is 4140. The summed E-state index contributed by atoms with van der Waals surface area (Å²) in [4.78, 5) is 73.1. The number of carboxylic acids is 1. The number of carbonyl (C=O) groups excluding carboxylic acids is 4. The predicted octanol–water partition coefficient (Wildman–Crippen LogP) is -6.33. The number of aliphatic carboxylic acids is 1. The van der Waals surface area contributed by atoms with E-state index in [1.54, 1.807) is 27.7 Å². The first-order valence-corrected chi connectivity index (χ1v) is 49.0. The second kappa shape index (κ2) is 45.3. The molecular weight excluding hydrogens is 1870 g/mol. The smallest absolute Gasteiger partial charge is 0.335 e. The van der Waals surface area contributed by atoms with Gasteiger partial charge in [-0.25, -0.2) is 4.79 Å². The summed E-state index contributed by atoms with van der Waals surface area (Å²) in [6.07, 6.45) is -75.2. The fourth-order valence-electron chi connectivity index (χ4n) is 24.3. The Hall–Kier alpha value is -4.23. The molecule has 804 valence electrons. The molecule has 0 radical (unpaired) electrons. The highest BCUT2D eigenvalue weighted by atomic mass is 16.8. The van der Waals surface area contributed by atoms with Crippen LogP contribution >= 0.6 is 0 Å². The number of carboxylic acid groups (broad SMARTS) is 1. The van der Waals surface area contributed by atoms with Gasteiger partial charge in [0, 0.05) is 12.8 Å². The summed E-state index contributed by atoms with van der Waals surface area (Å²) >= 11 is 0. The van der Waals surface area contributed by atoms with Crippen molar-refractivity contribution in [3.8, 4) is 0 Å². The van der Waals surface area contributed by atoms with Gasteiger partial charge >= 0.3 is 23.9 Å². The molecule has 0 spiro atoms. The minimum absolute atomic E-state index is 0.0174. The van der Waals surface area contributed by atoms with Crippen LogP contribution in [0, 0.1) is 62.1 Å². The van der Waals surface area contributed by atoms with Crippen molar-refractivity contribution in [1.82, 2.24) is 0 Å². The molecule has 47 heteroatoms. The molecule has 4 saturated carbocycles. The normalized spacial score (nSPS) is 48.8. The molecule has 0 aromatic rings. The Morgan fingerprint density at radius 1 is 0.464 bits per heavy atom. The van der Waals surface area contributed by atoms with Gasteiger partial charge < -0.3 is 213 Å². The number of fused-ring (bicyclic) bond motifs is 7. The molecule has 8 aliphatic heterocycles. The van der Waals surface area contributed by atoms with E-state index in [9.17, 15) is 142 Å². The molecule has 0 aromatic carbocycles. The first-order valence-electron chi connectivity index (χ1n) is 49.0. The number of rotatable bonds is 35. The van der Waals surface area contributed by atoms with Crippen molar-refractivity contribution < 1.29 is 232 Å². The zero-order valence-electron chi connectivity index (χ0n) is 80.6. The number of hydrogen-bond acceptors (Lipinski definition) is 46. The maximum Gasteiger partial charge on any atom is 0.335 e. The molecule has 8 heterocycles. The van der Waals surface area contributed by atoms with Crippen LogP contribution in [0.5, 0.6) is 0 Å². The average Bonchev–Trinajstić information content (AvgIpc) is 0.716. The Morgan fingerprint density at radius 2 is 0.943 bits per heavy atom. The second-order valence-electron chi connectivity index (χ2n) is 42.9. The number of esters is 3. The molecule has 140 heavy (non-hydrogen) atoms. The van der Waals surface area contributed by atoms with E-state index in [4.69, 9.17) is 85.3 Å². The van der Waals surface area contributed by atoms with Crippen LogP contribution in [0.15, 0.2) is 11.6 Å². The van der Waals surface area contributed by atoms with Gasteiger partial charge in [0.15, 0.2) is 62.3 Å². The van der Waals surface area contributed by atoms with E-state index >= 15 is 4.79 Å². The van der Waals surface area contributed by atoms with E-state index in [1.165, 1.54) is 13.8 Å². The lowest BCUT2D eigenvalue weighted by Crippen LogP contribution is -2.69. The minimum Gasteiger partial charge on any atom is -0.479 e. The summed E-state index contributed by atoms with van der Waals surface area (Å²) in [7, 11) is 0. The maximum absolute atomic E-state index is 16.6. The molecule has 8 saturated heterocycles. The summed E-state index contributed by atoms with van der Waals surface area (Å²) in [6.45, 7) is 17.9. The van der Waals surface area contributed by atoms with Crippen LogP contribution in [0.4, 0.5) is 0 Å². The zero-order chi connectivity index (χ0) is 103. The second-order valence-corrected chi connectivity index (χ2v) is 42.9. The number of hydrogen-bond donors (Lipinski definition) is 24. The van der Waals surface area contributed by atoms with Crippen LogP contribution < -0.4 is 0 Å². The third kappa shape index (κ3) is 21.9. The van der Waals surface area contributed by atoms with Gasteiger partial charge in [-0.2, -0.15) is 0 Å². The van der Waals surface area contributed by atoms with Crippen LogP contribution in [-0.2, 0) is 109 Å². The SMILES string of the molecule is CCC(C)C(CC(O)CC(=O)OC1C(O)C(C)OC(OC(=O)C23CCC(C)(C)CC2C2=CCC4C5(C)CCC(OC6OC(C(=O)O)C(O)C(OC7OCC(O)C(O)C7O)C6OC6OC(CO)C(O)C(O)C6O)C(C)(C=O)C5CCC4(C)C2(C)CC3O)C1OC1OC(C)C(OC2OCC(O)C(O)C2O)C(OC2OC(CO)C(O)C(O)C2O)C1O)OC(=O)CC(O)CC(OC1OC(CO)C(O)C1O)C(C)CC. The third-order valence-electron chi connectivity index (χ3n) is 33.6. The standard InChI is InChI=1S/C93H150O47/c1-13-35(3)45(127-54(103)25-40(99)24-46(36(4)14-2)128-81-66(115)61(110)49(31-96)129-81)23-39(98)26-55(104)133-72-56(105)37(5)125-85(76(72)139-84-70(119)74(136-82-67(116)62(111)59(108)47(29-94)130-82)71(38(6)126-84)134-79-64(113)57(106)43(100)32-123-79)140-87(122)93-22-21-88(7,8)27-42(93)41-15-16-51-89(9)19-18-53(90(10,34-97)50(89)17-20-91(51,11)92(41,12)28-52(93)102)132-86-77(138-83-68(117)63(112)60(109)48(30-95)131-83)73(69(118)75(137-86)78(120)121)135-80-65(114)58(107)44(101)33-124-80/h15,34-40,42-53,56-77,79-86,94-96,98-102,105-119H,13-14,16-33H2,1-12H3,(H,120,121). The van der Waals surface area contributed by atoms with E-state index in [2.05, 4.69) is 19.9 Å². The average molecular weight is 2020 g/mol. The number of ether oxygens (including phenoxy) is 18. The monoisotopic (exact) mass is 2020 g/mol. The summed E-state index contributed by atoms with van der Waals surface area (Å²) in [5.74, 6) is -7.68. The van der Waals surface area contributed by atoms with E-state index in [-0.39, 0.29) is 56.8 Å². The lowest BCUT2D eigenvalue weighted by atomic mass is 9.33. The van der Waals surface area contributed by atoms with Crippen LogP contribution in [0.1, 0.15) is 179 Å². The topological polar surface area (TPSA) is 737 Å². The number of aldehydes is 1. The van der Waals surface area contributed by atoms with Crippen molar-refractivity contribution in [1.29, 1.82) is 0 Å². The molecule has 53 atom stereocenters. The Morgan fingerprint density at radius 3 is 1.49 bits per heavy atom. The van der Waals surface area contributed by atoms with Crippen molar-refractivity contribution in [2.24, 2.45) is 62.1 Å². The van der Waals surface area contributed by atoms with Crippen LogP contribution in [-0.4, -0.2) is 450 Å². The molecule has 24 N–H and O–H groups in total. The molecule has 0 amide bonds. The van der Waals surface area contributed by atoms with Crippen molar-refractivity contribution >= 4 is 30.2 Å². The molecule has 47 nitrogen and oxygen atoms in total. The molecular formula is C93H150O47. The lowest BCUT2D eigenvalue weighted by Gasteiger charge is -2.71. The van der Waals surface area contributed by atoms with E-state index in [0.717, 1.165) is 11.9 Å². The molecule has 12 fully saturated rings. The van der Waals surface area contributed by atoms with E-state index in [0.29, 0.717) is 32.1 Å². The molecule has 13 rings (SSSR count). The van der Waals surface area contributed by atoms with Crippen molar-refractivity contribution in [2.45, 2.75) is 443 Å². The summed E-state index contributed by atoms with van der Waals surface area (Å²) in [5, 5.41) is 267. The summed E-state index contributed by atoms with van der Waals surface area (Å²) < 4.78 is 110. The maximum atomic E-state index is 16.6. The van der Waals surface area contributed by atoms with Crippen LogP contribution in [0.2, 0.25) is 0 Å². The fourth-order valence-corrected chi connectivity index (χ4v) is 24.3. The highest BCUT2D eigenvalue weighted by Crippen LogP contribution is 2.76.